The van der Waals surface area contributed by atoms with E-state index in [4.69, 9.17) is 14.6 Å². The van der Waals surface area contributed by atoms with E-state index >= 15 is 0 Å². The highest BCUT2D eigenvalue weighted by Gasteiger charge is 2.18. The average Bonchev–Trinajstić information content (AvgIpc) is 2.45. The topological polar surface area (TPSA) is 97.8 Å². The third-order valence-corrected chi connectivity index (χ3v) is 2.85. The number of nitrogens with zero attached hydrogens (tertiary/aromatic N) is 1. The smallest absolute Gasteiger partial charge is 0.354 e. The number of pyridine rings is 1. The summed E-state index contributed by atoms with van der Waals surface area (Å²) in [5.74, 6) is -0.684. The molecule has 1 aromatic heterocycles. The molecule has 0 radical (unpaired) electrons. The molecule has 0 atom stereocenters. The highest BCUT2D eigenvalue weighted by atomic mass is 16.5. The number of carboxylic acids is 1. The third kappa shape index (κ3) is 2.71. The van der Waals surface area contributed by atoms with Gasteiger partial charge in [-0.15, -0.1) is 0 Å². The van der Waals surface area contributed by atoms with E-state index < -0.39 is 5.97 Å². The number of aromatic carboxylic acids is 1. The number of hydrogen-bond acceptors (Lipinski definition) is 5. The van der Waals surface area contributed by atoms with Gasteiger partial charge in [-0.2, -0.15) is 0 Å². The zero-order valence-electron chi connectivity index (χ0n) is 11.8. The largest absolute Gasteiger partial charge is 0.496 e. The first-order valence-corrected chi connectivity index (χ1v) is 6.04. The Labute approximate surface area is 120 Å². The molecule has 1 amide bonds. The predicted octanol–water partition coefficient (Wildman–Crippen LogP) is 1.91. The minimum atomic E-state index is -1.20. The van der Waals surface area contributed by atoms with Crippen LogP contribution in [-0.4, -0.2) is 36.2 Å². The molecule has 0 saturated heterocycles. The van der Waals surface area contributed by atoms with Crippen molar-refractivity contribution in [2.75, 3.05) is 19.5 Å². The Morgan fingerprint density at radius 3 is 2.33 bits per heavy atom. The lowest BCUT2D eigenvalue weighted by Crippen LogP contribution is -2.10. The summed E-state index contributed by atoms with van der Waals surface area (Å²) in [5.41, 5.74) is 0.416. The van der Waals surface area contributed by atoms with Crippen LogP contribution in [0, 0.1) is 0 Å². The molecule has 2 N–H and O–H groups in total. The van der Waals surface area contributed by atoms with Crippen LogP contribution in [0.25, 0.3) is 10.9 Å². The number of hydrogen-bond donors (Lipinski definition) is 2. The minimum absolute atomic E-state index is 0.196. The van der Waals surface area contributed by atoms with Crippen LogP contribution < -0.4 is 14.8 Å². The number of nitrogens with one attached hydrogen (secondary N) is 1. The number of methoxy groups -OCH3 is 2. The van der Waals surface area contributed by atoms with Crippen molar-refractivity contribution < 1.29 is 24.2 Å². The van der Waals surface area contributed by atoms with Crippen LogP contribution >= 0.6 is 0 Å². The number of rotatable bonds is 4. The minimum Gasteiger partial charge on any atom is -0.496 e. The summed E-state index contributed by atoms with van der Waals surface area (Å²) >= 11 is 0. The van der Waals surface area contributed by atoms with Crippen molar-refractivity contribution in [2.45, 2.75) is 6.92 Å². The van der Waals surface area contributed by atoms with Gasteiger partial charge in [0.1, 0.15) is 17.0 Å². The highest BCUT2D eigenvalue weighted by molar-refractivity contribution is 6.07. The Bertz CT molecular complexity index is 727. The quantitative estimate of drug-likeness (QED) is 0.892. The van der Waals surface area contributed by atoms with Crippen LogP contribution in [0.3, 0.4) is 0 Å². The fraction of sp³-hybridized carbons (Fsp3) is 0.214. The number of aromatic nitrogens is 1. The lowest BCUT2D eigenvalue weighted by molar-refractivity contribution is -0.114. The van der Waals surface area contributed by atoms with Crippen molar-refractivity contribution in [3.63, 3.8) is 0 Å². The molecule has 2 rings (SSSR count). The number of carboxylic acid groups (broad SMARTS) is 1. The Morgan fingerprint density at radius 1 is 1.19 bits per heavy atom. The number of amides is 1. The second-order valence-electron chi connectivity index (χ2n) is 4.24. The number of carbonyl (C=O) groups is 2. The van der Waals surface area contributed by atoms with Crippen LogP contribution in [0.4, 0.5) is 5.69 Å². The van der Waals surface area contributed by atoms with Crippen LogP contribution in [0.5, 0.6) is 11.5 Å². The maximum atomic E-state index is 11.3. The molecule has 0 bridgehead atoms. The van der Waals surface area contributed by atoms with Gasteiger partial charge in [-0.3, -0.25) is 4.79 Å². The van der Waals surface area contributed by atoms with Gasteiger partial charge < -0.3 is 19.9 Å². The van der Waals surface area contributed by atoms with Crippen LogP contribution in [0.15, 0.2) is 18.2 Å². The van der Waals surface area contributed by atoms with Crippen LogP contribution in [0.1, 0.15) is 17.4 Å². The van der Waals surface area contributed by atoms with Gasteiger partial charge in [0.05, 0.1) is 25.3 Å². The lowest BCUT2D eigenvalue weighted by Gasteiger charge is -2.14. The standard InChI is InChI=1S/C14H14N2O5/c1-7(17)15-8-6-9(14(18)19)16-13-11(21-3)5-4-10(20-2)12(8)13/h4-6H,1-3H3,(H,18,19)(H,15,16,17). The predicted molar refractivity (Wildman–Crippen MR) is 76.1 cm³/mol. The SMILES string of the molecule is COc1ccc(OC)c2c(NC(C)=O)cc(C(=O)O)nc12. The maximum Gasteiger partial charge on any atom is 0.354 e. The fourth-order valence-corrected chi connectivity index (χ4v) is 2.02. The molecular formula is C14H14N2O5. The van der Waals surface area contributed by atoms with E-state index in [1.807, 2.05) is 0 Å². The molecule has 2 aromatic rings. The van der Waals surface area contributed by atoms with Gasteiger partial charge in [0.25, 0.3) is 0 Å². The molecule has 7 nitrogen and oxygen atoms in total. The Hall–Kier alpha value is -2.83. The van der Waals surface area contributed by atoms with Crippen molar-refractivity contribution in [1.82, 2.24) is 4.98 Å². The van der Waals surface area contributed by atoms with Gasteiger partial charge in [-0.25, -0.2) is 9.78 Å². The average molecular weight is 290 g/mol. The first-order valence-electron chi connectivity index (χ1n) is 6.04. The van der Waals surface area contributed by atoms with Gasteiger partial charge in [0.2, 0.25) is 5.91 Å². The molecule has 0 fully saturated rings. The van der Waals surface area contributed by atoms with Gasteiger partial charge in [0, 0.05) is 6.92 Å². The van der Waals surface area contributed by atoms with Crippen molar-refractivity contribution in [3.8, 4) is 11.5 Å². The van der Waals surface area contributed by atoms with Crippen molar-refractivity contribution in [3.05, 3.63) is 23.9 Å². The van der Waals surface area contributed by atoms with E-state index in [1.165, 1.54) is 27.2 Å². The summed E-state index contributed by atoms with van der Waals surface area (Å²) in [7, 11) is 2.93. The molecule has 0 unspecified atom stereocenters. The molecule has 0 aliphatic heterocycles. The molecular weight excluding hydrogens is 276 g/mol. The van der Waals surface area contributed by atoms with Crippen molar-refractivity contribution in [2.24, 2.45) is 0 Å². The second kappa shape index (κ2) is 5.66. The van der Waals surface area contributed by atoms with E-state index in [0.717, 1.165) is 0 Å². The zero-order valence-corrected chi connectivity index (χ0v) is 11.8. The molecule has 7 heteroatoms. The summed E-state index contributed by atoms with van der Waals surface area (Å²) in [6.07, 6.45) is 0. The Kier molecular flexibility index (Phi) is 3.93. The number of benzene rings is 1. The summed E-state index contributed by atoms with van der Waals surface area (Å²) in [6.45, 7) is 1.33. The number of fused-ring (bicyclic) bond motifs is 1. The van der Waals surface area contributed by atoms with Crippen molar-refractivity contribution in [1.29, 1.82) is 0 Å². The van der Waals surface area contributed by atoms with E-state index in [2.05, 4.69) is 10.3 Å². The molecule has 1 heterocycles. The molecule has 0 spiro atoms. The van der Waals surface area contributed by atoms with Gasteiger partial charge in [0.15, 0.2) is 5.69 Å². The summed E-state index contributed by atoms with van der Waals surface area (Å²) in [5, 5.41) is 12.2. The highest BCUT2D eigenvalue weighted by Crippen LogP contribution is 2.37. The maximum absolute atomic E-state index is 11.3. The molecule has 0 aliphatic rings. The van der Waals surface area contributed by atoms with E-state index in [-0.39, 0.29) is 11.6 Å². The van der Waals surface area contributed by atoms with Crippen LogP contribution in [0.2, 0.25) is 0 Å². The molecule has 1 aromatic carbocycles. The van der Waals surface area contributed by atoms with Gasteiger partial charge in [-0.1, -0.05) is 0 Å². The first-order chi connectivity index (χ1) is 9.97. The molecule has 21 heavy (non-hydrogen) atoms. The summed E-state index contributed by atoms with van der Waals surface area (Å²) < 4.78 is 10.5. The Morgan fingerprint density at radius 2 is 1.81 bits per heavy atom. The zero-order chi connectivity index (χ0) is 15.6. The second-order valence-corrected chi connectivity index (χ2v) is 4.24. The molecule has 0 aliphatic carbocycles. The van der Waals surface area contributed by atoms with Crippen LogP contribution in [-0.2, 0) is 4.79 Å². The normalized spacial score (nSPS) is 10.2. The summed E-state index contributed by atoms with van der Waals surface area (Å²) in [4.78, 5) is 26.6. The van der Waals surface area contributed by atoms with Gasteiger partial charge >= 0.3 is 5.97 Å². The first kappa shape index (κ1) is 14.6. The molecule has 0 saturated carbocycles. The number of carbonyl (C=O) groups excluding carboxylic acids is 1. The molecule has 110 valence electrons. The van der Waals surface area contributed by atoms with E-state index in [9.17, 15) is 9.59 Å². The fourth-order valence-electron chi connectivity index (χ4n) is 2.02. The van der Waals surface area contributed by atoms with Gasteiger partial charge in [-0.05, 0) is 18.2 Å². The van der Waals surface area contributed by atoms with Crippen molar-refractivity contribution >= 4 is 28.5 Å². The third-order valence-electron chi connectivity index (χ3n) is 2.85. The van der Waals surface area contributed by atoms with E-state index in [1.54, 1.807) is 12.1 Å². The monoisotopic (exact) mass is 290 g/mol. The Balaban J connectivity index is 2.88. The lowest BCUT2D eigenvalue weighted by atomic mass is 10.1. The number of anilines is 1. The summed E-state index contributed by atoms with van der Waals surface area (Å²) in [6, 6.07) is 4.57. The number of ether oxygens (including phenoxy) is 2. The van der Waals surface area contributed by atoms with E-state index in [0.29, 0.717) is 28.1 Å².